The molecule has 2 aliphatic rings. The smallest absolute Gasteiger partial charge is 0.0728 e. The average Bonchev–Trinajstić information content (AvgIpc) is 2.89. The van der Waals surface area contributed by atoms with Gasteiger partial charge >= 0.3 is 0 Å². The van der Waals surface area contributed by atoms with Gasteiger partial charge in [0.2, 0.25) is 0 Å². The van der Waals surface area contributed by atoms with Crippen molar-refractivity contribution in [1.29, 1.82) is 0 Å². The fraction of sp³-hybridized carbons (Fsp3) is 1.00. The first-order valence-corrected chi connectivity index (χ1v) is 7.33. The lowest BCUT2D eigenvalue weighted by molar-refractivity contribution is 0.0378. The van der Waals surface area contributed by atoms with Crippen LogP contribution in [0.5, 0.6) is 0 Å². The zero-order chi connectivity index (χ0) is 11.9. The van der Waals surface area contributed by atoms with Crippen molar-refractivity contribution >= 4 is 0 Å². The Bertz CT molecular complexity index is 198. The second-order valence-electron chi connectivity index (χ2n) is 5.40. The predicted molar refractivity (Wildman–Crippen MR) is 69.2 cm³/mol. The van der Waals surface area contributed by atoms with Crippen molar-refractivity contribution in [2.75, 3.05) is 26.4 Å². The highest BCUT2D eigenvalue weighted by Gasteiger charge is 2.28. The van der Waals surface area contributed by atoms with Crippen LogP contribution in [0.1, 0.15) is 45.4 Å². The van der Waals surface area contributed by atoms with Crippen molar-refractivity contribution in [2.24, 2.45) is 5.92 Å². The van der Waals surface area contributed by atoms with Gasteiger partial charge < -0.3 is 14.8 Å². The maximum absolute atomic E-state index is 5.86. The van der Waals surface area contributed by atoms with E-state index in [1.165, 1.54) is 38.5 Å². The Hall–Kier alpha value is -0.120. The third kappa shape index (κ3) is 4.23. The summed E-state index contributed by atoms with van der Waals surface area (Å²) in [6, 6.07) is 0.570. The molecule has 17 heavy (non-hydrogen) atoms. The minimum atomic E-state index is 0.462. The van der Waals surface area contributed by atoms with E-state index >= 15 is 0 Å². The summed E-state index contributed by atoms with van der Waals surface area (Å²) in [6.07, 6.45) is 7.89. The van der Waals surface area contributed by atoms with E-state index in [1.54, 1.807) is 0 Å². The standard InChI is InChI=1S/C14H27NO2/c1-2-7-15-13(14-4-3-8-17-14)11-12-5-9-16-10-6-12/h12-15H,2-11H2,1H3. The minimum Gasteiger partial charge on any atom is -0.381 e. The molecule has 2 fully saturated rings. The number of hydrogen-bond acceptors (Lipinski definition) is 3. The largest absolute Gasteiger partial charge is 0.381 e. The monoisotopic (exact) mass is 241 g/mol. The van der Waals surface area contributed by atoms with Gasteiger partial charge in [-0.25, -0.2) is 0 Å². The van der Waals surface area contributed by atoms with Gasteiger partial charge in [0, 0.05) is 25.9 Å². The van der Waals surface area contributed by atoms with Crippen LogP contribution in [0, 0.1) is 5.92 Å². The molecule has 2 heterocycles. The molecular formula is C14H27NO2. The summed E-state index contributed by atoms with van der Waals surface area (Å²) in [4.78, 5) is 0. The lowest BCUT2D eigenvalue weighted by Gasteiger charge is -2.30. The first-order chi connectivity index (χ1) is 8.40. The van der Waals surface area contributed by atoms with Crippen molar-refractivity contribution < 1.29 is 9.47 Å². The maximum atomic E-state index is 5.86. The highest BCUT2D eigenvalue weighted by molar-refractivity contribution is 4.83. The topological polar surface area (TPSA) is 30.5 Å². The summed E-state index contributed by atoms with van der Waals surface area (Å²) in [5.74, 6) is 0.835. The van der Waals surface area contributed by atoms with Crippen molar-refractivity contribution in [3.05, 3.63) is 0 Å². The van der Waals surface area contributed by atoms with Gasteiger partial charge in [0.15, 0.2) is 0 Å². The summed E-state index contributed by atoms with van der Waals surface area (Å²) in [6.45, 7) is 6.22. The van der Waals surface area contributed by atoms with E-state index in [0.29, 0.717) is 12.1 Å². The highest BCUT2D eigenvalue weighted by Crippen LogP contribution is 2.25. The third-order valence-corrected chi connectivity index (χ3v) is 4.00. The third-order valence-electron chi connectivity index (χ3n) is 4.00. The molecule has 0 saturated carbocycles. The van der Waals surface area contributed by atoms with Crippen LogP contribution in [0.15, 0.2) is 0 Å². The van der Waals surface area contributed by atoms with E-state index in [0.717, 1.165) is 32.3 Å². The van der Waals surface area contributed by atoms with Gasteiger partial charge in [-0.1, -0.05) is 6.92 Å². The molecule has 0 amide bonds. The van der Waals surface area contributed by atoms with Crippen LogP contribution in [0.4, 0.5) is 0 Å². The molecule has 3 nitrogen and oxygen atoms in total. The molecule has 0 radical (unpaired) electrons. The summed E-state index contributed by atoms with van der Waals surface area (Å²) in [7, 11) is 0. The molecule has 0 aromatic carbocycles. The Morgan fingerprint density at radius 3 is 2.65 bits per heavy atom. The van der Waals surface area contributed by atoms with Crippen molar-refractivity contribution in [2.45, 2.75) is 57.6 Å². The second-order valence-corrected chi connectivity index (χ2v) is 5.40. The van der Waals surface area contributed by atoms with Crippen LogP contribution in [0.3, 0.4) is 0 Å². The Balaban J connectivity index is 1.80. The van der Waals surface area contributed by atoms with Gasteiger partial charge in [-0.05, 0) is 51.0 Å². The summed E-state index contributed by atoms with van der Waals surface area (Å²) < 4.78 is 11.3. The normalized spacial score (nSPS) is 28.4. The van der Waals surface area contributed by atoms with E-state index in [1.807, 2.05) is 0 Å². The zero-order valence-electron chi connectivity index (χ0n) is 11.1. The molecule has 0 aromatic heterocycles. The van der Waals surface area contributed by atoms with E-state index in [9.17, 15) is 0 Å². The SMILES string of the molecule is CCCNC(CC1CCOCC1)C1CCCO1. The predicted octanol–water partition coefficient (Wildman–Crippen LogP) is 2.35. The molecular weight excluding hydrogens is 214 g/mol. The summed E-state index contributed by atoms with van der Waals surface area (Å²) in [5.41, 5.74) is 0. The Morgan fingerprint density at radius 2 is 2.00 bits per heavy atom. The van der Waals surface area contributed by atoms with Crippen LogP contribution >= 0.6 is 0 Å². The first kappa shape index (κ1) is 13.3. The highest BCUT2D eigenvalue weighted by atomic mass is 16.5. The molecule has 100 valence electrons. The number of rotatable bonds is 6. The quantitative estimate of drug-likeness (QED) is 0.774. The van der Waals surface area contributed by atoms with Crippen LogP contribution in [-0.4, -0.2) is 38.5 Å². The Morgan fingerprint density at radius 1 is 1.18 bits per heavy atom. The fourth-order valence-corrected chi connectivity index (χ4v) is 2.96. The molecule has 2 atom stereocenters. The van der Waals surface area contributed by atoms with Crippen LogP contribution < -0.4 is 5.32 Å². The van der Waals surface area contributed by atoms with E-state index < -0.39 is 0 Å². The fourth-order valence-electron chi connectivity index (χ4n) is 2.96. The molecule has 2 aliphatic heterocycles. The van der Waals surface area contributed by atoms with Gasteiger partial charge in [-0.2, -0.15) is 0 Å². The van der Waals surface area contributed by atoms with E-state index in [-0.39, 0.29) is 0 Å². The average molecular weight is 241 g/mol. The number of ether oxygens (including phenoxy) is 2. The molecule has 0 spiro atoms. The lowest BCUT2D eigenvalue weighted by Crippen LogP contribution is -2.42. The molecule has 1 N–H and O–H groups in total. The lowest BCUT2D eigenvalue weighted by atomic mass is 9.89. The van der Waals surface area contributed by atoms with Crippen molar-refractivity contribution in [1.82, 2.24) is 5.32 Å². The van der Waals surface area contributed by atoms with Crippen LogP contribution in [0.2, 0.25) is 0 Å². The first-order valence-electron chi connectivity index (χ1n) is 7.33. The number of hydrogen-bond donors (Lipinski definition) is 1. The Kier molecular flexibility index (Phi) is 5.75. The minimum absolute atomic E-state index is 0.462. The van der Waals surface area contributed by atoms with Gasteiger partial charge in [0.25, 0.3) is 0 Å². The second kappa shape index (κ2) is 7.34. The van der Waals surface area contributed by atoms with E-state index in [2.05, 4.69) is 12.2 Å². The molecule has 2 unspecified atom stereocenters. The zero-order valence-corrected chi connectivity index (χ0v) is 11.1. The van der Waals surface area contributed by atoms with Gasteiger partial charge in [-0.15, -0.1) is 0 Å². The molecule has 0 bridgehead atoms. The summed E-state index contributed by atoms with van der Waals surface area (Å²) >= 11 is 0. The molecule has 3 heteroatoms. The molecule has 2 rings (SSSR count). The molecule has 0 aliphatic carbocycles. The summed E-state index contributed by atoms with van der Waals surface area (Å²) in [5, 5.41) is 3.69. The maximum Gasteiger partial charge on any atom is 0.0728 e. The van der Waals surface area contributed by atoms with Gasteiger partial charge in [0.1, 0.15) is 0 Å². The van der Waals surface area contributed by atoms with Crippen molar-refractivity contribution in [3.8, 4) is 0 Å². The molecule has 2 saturated heterocycles. The van der Waals surface area contributed by atoms with Crippen LogP contribution in [-0.2, 0) is 9.47 Å². The van der Waals surface area contributed by atoms with Gasteiger partial charge in [0.05, 0.1) is 6.10 Å². The van der Waals surface area contributed by atoms with Gasteiger partial charge in [-0.3, -0.25) is 0 Å². The van der Waals surface area contributed by atoms with E-state index in [4.69, 9.17) is 9.47 Å². The van der Waals surface area contributed by atoms with Crippen LogP contribution in [0.25, 0.3) is 0 Å². The Labute approximate surface area is 105 Å². The number of nitrogens with one attached hydrogen (secondary N) is 1. The van der Waals surface area contributed by atoms with Crippen molar-refractivity contribution in [3.63, 3.8) is 0 Å². The molecule has 0 aromatic rings.